The highest BCUT2D eigenvalue weighted by Gasteiger charge is 2.13. The Balaban J connectivity index is 2.51. The lowest BCUT2D eigenvalue weighted by molar-refractivity contribution is -0.136. The molecule has 0 saturated heterocycles. The van der Waals surface area contributed by atoms with E-state index in [1.165, 1.54) is 0 Å². The van der Waals surface area contributed by atoms with Crippen LogP contribution in [0.1, 0.15) is 39.2 Å². The largest absolute Gasteiger partial charge is 0.481 e. The van der Waals surface area contributed by atoms with Gasteiger partial charge >= 0.3 is 12.0 Å². The molecule has 0 aliphatic carbocycles. The number of carbonyl (C=O) groups is 2. The second kappa shape index (κ2) is 8.29. The minimum Gasteiger partial charge on any atom is -0.481 e. The molecule has 1 aromatic rings. The normalized spacial score (nSPS) is 12.0. The van der Waals surface area contributed by atoms with Gasteiger partial charge in [0.1, 0.15) is 0 Å². The van der Waals surface area contributed by atoms with E-state index in [1.807, 2.05) is 19.1 Å². The lowest BCUT2D eigenvalue weighted by atomic mass is 10.0. The number of carbonyl (C=O) groups excluding carboxylic acids is 1. The zero-order chi connectivity index (χ0) is 15.8. The number of carboxylic acid groups (broad SMARTS) is 1. The van der Waals surface area contributed by atoms with Crippen LogP contribution in [-0.4, -0.2) is 23.1 Å². The molecule has 1 aromatic carbocycles. The fourth-order valence-electron chi connectivity index (χ4n) is 2.08. The van der Waals surface area contributed by atoms with Crippen LogP contribution in [0.5, 0.6) is 0 Å². The second-order valence-corrected chi connectivity index (χ2v) is 5.45. The number of aliphatic carboxylic acids is 1. The van der Waals surface area contributed by atoms with Gasteiger partial charge in [0.25, 0.3) is 0 Å². The number of hydrogen-bond donors (Lipinski definition) is 3. The number of hydrogen-bond acceptors (Lipinski definition) is 2. The molecule has 0 spiro atoms. The number of anilines is 1. The van der Waals surface area contributed by atoms with E-state index in [-0.39, 0.29) is 18.5 Å². The lowest BCUT2D eigenvalue weighted by Crippen LogP contribution is -2.40. The average Bonchev–Trinajstić information content (AvgIpc) is 2.43. The SMILES string of the molecule is CCC(NC(=O)Nc1ccc(CCC(=O)O)cc1)C(C)C. The summed E-state index contributed by atoms with van der Waals surface area (Å²) in [7, 11) is 0. The average molecular weight is 292 g/mol. The molecule has 0 bridgehead atoms. The van der Waals surface area contributed by atoms with Gasteiger partial charge in [0.05, 0.1) is 0 Å². The third-order valence-electron chi connectivity index (χ3n) is 3.40. The third-order valence-corrected chi connectivity index (χ3v) is 3.40. The summed E-state index contributed by atoms with van der Waals surface area (Å²) in [5.74, 6) is -0.421. The predicted molar refractivity (Wildman–Crippen MR) is 83.5 cm³/mol. The first-order valence-corrected chi connectivity index (χ1v) is 7.30. The van der Waals surface area contributed by atoms with Crippen LogP contribution in [0.4, 0.5) is 10.5 Å². The van der Waals surface area contributed by atoms with Gasteiger partial charge in [-0.05, 0) is 36.5 Å². The predicted octanol–water partition coefficient (Wildman–Crippen LogP) is 3.26. The van der Waals surface area contributed by atoms with Crippen molar-refractivity contribution in [3.63, 3.8) is 0 Å². The quantitative estimate of drug-likeness (QED) is 0.721. The van der Waals surface area contributed by atoms with E-state index in [1.54, 1.807) is 12.1 Å². The smallest absolute Gasteiger partial charge is 0.319 e. The number of urea groups is 1. The van der Waals surface area contributed by atoms with Crippen molar-refractivity contribution in [1.29, 1.82) is 0 Å². The van der Waals surface area contributed by atoms with Crippen molar-refractivity contribution in [1.82, 2.24) is 5.32 Å². The first-order valence-electron chi connectivity index (χ1n) is 7.30. The molecule has 0 aliphatic heterocycles. The van der Waals surface area contributed by atoms with Gasteiger partial charge < -0.3 is 15.7 Å². The number of rotatable bonds is 7. The monoisotopic (exact) mass is 292 g/mol. The zero-order valence-electron chi connectivity index (χ0n) is 12.8. The maximum absolute atomic E-state index is 11.9. The van der Waals surface area contributed by atoms with E-state index in [4.69, 9.17) is 5.11 Å². The van der Waals surface area contributed by atoms with Crippen molar-refractivity contribution in [2.45, 2.75) is 46.1 Å². The van der Waals surface area contributed by atoms with Gasteiger partial charge in [0.15, 0.2) is 0 Å². The minimum atomic E-state index is -0.809. The molecule has 5 nitrogen and oxygen atoms in total. The van der Waals surface area contributed by atoms with Crippen LogP contribution in [0.25, 0.3) is 0 Å². The van der Waals surface area contributed by atoms with E-state index in [0.717, 1.165) is 12.0 Å². The molecule has 0 aliphatic rings. The molecule has 1 atom stereocenters. The number of nitrogens with one attached hydrogen (secondary N) is 2. The Bertz CT molecular complexity index is 469. The van der Waals surface area contributed by atoms with Crippen molar-refractivity contribution >= 4 is 17.7 Å². The van der Waals surface area contributed by atoms with Gasteiger partial charge in [-0.15, -0.1) is 0 Å². The second-order valence-electron chi connectivity index (χ2n) is 5.45. The molecule has 0 aromatic heterocycles. The Hall–Kier alpha value is -2.04. The van der Waals surface area contributed by atoms with Crippen LogP contribution in [0.3, 0.4) is 0 Å². The number of amides is 2. The van der Waals surface area contributed by atoms with Crippen molar-refractivity contribution in [3.8, 4) is 0 Å². The van der Waals surface area contributed by atoms with E-state index in [9.17, 15) is 9.59 Å². The van der Waals surface area contributed by atoms with E-state index < -0.39 is 5.97 Å². The molecule has 3 N–H and O–H groups in total. The molecular formula is C16H24N2O3. The highest BCUT2D eigenvalue weighted by Crippen LogP contribution is 2.12. The third kappa shape index (κ3) is 6.29. The fraction of sp³-hybridized carbons (Fsp3) is 0.500. The van der Waals surface area contributed by atoms with Crippen LogP contribution in [0.2, 0.25) is 0 Å². The molecule has 2 amide bonds. The number of benzene rings is 1. The van der Waals surface area contributed by atoms with Gasteiger partial charge in [-0.25, -0.2) is 4.79 Å². The molecule has 0 saturated carbocycles. The van der Waals surface area contributed by atoms with Gasteiger partial charge in [-0.1, -0.05) is 32.9 Å². The topological polar surface area (TPSA) is 78.4 Å². The van der Waals surface area contributed by atoms with Crippen molar-refractivity contribution in [3.05, 3.63) is 29.8 Å². The Morgan fingerprint density at radius 3 is 2.29 bits per heavy atom. The van der Waals surface area contributed by atoms with Crippen LogP contribution in [0.15, 0.2) is 24.3 Å². The maximum Gasteiger partial charge on any atom is 0.319 e. The molecule has 116 valence electrons. The Morgan fingerprint density at radius 2 is 1.81 bits per heavy atom. The van der Waals surface area contributed by atoms with Gasteiger partial charge in [-0.2, -0.15) is 0 Å². The van der Waals surface area contributed by atoms with Crippen molar-refractivity contribution in [2.75, 3.05) is 5.32 Å². The maximum atomic E-state index is 11.9. The zero-order valence-corrected chi connectivity index (χ0v) is 12.8. The van der Waals surface area contributed by atoms with Gasteiger partial charge in [0, 0.05) is 18.2 Å². The summed E-state index contributed by atoms with van der Waals surface area (Å²) in [6.45, 7) is 6.19. The number of carboxylic acids is 1. The summed E-state index contributed by atoms with van der Waals surface area (Å²) in [4.78, 5) is 22.4. The molecule has 21 heavy (non-hydrogen) atoms. The molecule has 0 radical (unpaired) electrons. The van der Waals surface area contributed by atoms with Crippen LogP contribution >= 0.6 is 0 Å². The fourth-order valence-corrected chi connectivity index (χ4v) is 2.08. The van der Waals surface area contributed by atoms with Gasteiger partial charge in [-0.3, -0.25) is 4.79 Å². The first-order chi connectivity index (χ1) is 9.92. The van der Waals surface area contributed by atoms with Crippen molar-refractivity contribution in [2.24, 2.45) is 5.92 Å². The van der Waals surface area contributed by atoms with E-state index in [2.05, 4.69) is 24.5 Å². The van der Waals surface area contributed by atoms with Gasteiger partial charge in [0.2, 0.25) is 0 Å². The first kappa shape index (κ1) is 17.0. The molecular weight excluding hydrogens is 268 g/mol. The molecule has 0 heterocycles. The molecule has 5 heteroatoms. The summed E-state index contributed by atoms with van der Waals surface area (Å²) >= 11 is 0. The summed E-state index contributed by atoms with van der Waals surface area (Å²) in [6.07, 6.45) is 1.49. The van der Waals surface area contributed by atoms with Crippen LogP contribution in [0, 0.1) is 5.92 Å². The Kier molecular flexibility index (Phi) is 6.72. The van der Waals surface area contributed by atoms with Crippen LogP contribution in [-0.2, 0) is 11.2 Å². The summed E-state index contributed by atoms with van der Waals surface area (Å²) < 4.78 is 0. The van der Waals surface area contributed by atoms with Crippen molar-refractivity contribution < 1.29 is 14.7 Å². The highest BCUT2D eigenvalue weighted by atomic mass is 16.4. The van der Waals surface area contributed by atoms with Crippen LogP contribution < -0.4 is 10.6 Å². The molecule has 1 rings (SSSR count). The number of aryl methyl sites for hydroxylation is 1. The summed E-state index contributed by atoms with van der Waals surface area (Å²) in [5, 5.41) is 14.4. The summed E-state index contributed by atoms with van der Waals surface area (Å²) in [6, 6.07) is 7.17. The molecule has 1 unspecified atom stereocenters. The molecule has 0 fully saturated rings. The van der Waals surface area contributed by atoms with E-state index in [0.29, 0.717) is 18.0 Å². The Morgan fingerprint density at radius 1 is 1.19 bits per heavy atom. The minimum absolute atomic E-state index is 0.111. The highest BCUT2D eigenvalue weighted by molar-refractivity contribution is 5.89. The van der Waals surface area contributed by atoms with E-state index >= 15 is 0 Å². The summed E-state index contributed by atoms with van der Waals surface area (Å²) in [5.41, 5.74) is 1.64. The standard InChI is InChI=1S/C16H24N2O3/c1-4-14(11(2)3)18-16(21)17-13-8-5-12(6-9-13)7-10-15(19)20/h5-6,8-9,11,14H,4,7,10H2,1-3H3,(H,19,20)(H2,17,18,21). The Labute approximate surface area is 125 Å². The lowest BCUT2D eigenvalue weighted by Gasteiger charge is -2.20.